The van der Waals surface area contributed by atoms with Crippen LogP contribution in [0.25, 0.3) is 6.08 Å². The molecule has 0 atom stereocenters. The zero-order valence-electron chi connectivity index (χ0n) is 17.0. The SMILES string of the molecule is COc1ccccc1C=CC(=O)Nc1ccccc1C(=O)N(C)Cc1ccccc1. The number of hydrogen-bond donors (Lipinski definition) is 1. The average Bonchev–Trinajstić information content (AvgIpc) is 2.78. The minimum atomic E-state index is -0.327. The number of nitrogens with zero attached hydrogens (tertiary/aromatic N) is 1. The molecular formula is C25H24N2O3. The first kappa shape index (κ1) is 20.9. The fourth-order valence-electron chi connectivity index (χ4n) is 3.06. The van der Waals surface area contributed by atoms with Gasteiger partial charge in [-0.25, -0.2) is 0 Å². The van der Waals surface area contributed by atoms with Crippen molar-refractivity contribution >= 4 is 23.6 Å². The van der Waals surface area contributed by atoms with Crippen LogP contribution >= 0.6 is 0 Å². The van der Waals surface area contributed by atoms with Crippen LogP contribution in [0.5, 0.6) is 5.75 Å². The van der Waals surface area contributed by atoms with Crippen LogP contribution in [-0.4, -0.2) is 30.9 Å². The van der Waals surface area contributed by atoms with Gasteiger partial charge in [0.25, 0.3) is 5.91 Å². The molecule has 0 aliphatic heterocycles. The lowest BCUT2D eigenvalue weighted by Gasteiger charge is -2.19. The normalized spacial score (nSPS) is 10.6. The van der Waals surface area contributed by atoms with Gasteiger partial charge in [-0.2, -0.15) is 0 Å². The van der Waals surface area contributed by atoms with E-state index in [1.165, 1.54) is 6.08 Å². The van der Waals surface area contributed by atoms with E-state index in [-0.39, 0.29) is 11.8 Å². The van der Waals surface area contributed by atoms with Crippen LogP contribution in [-0.2, 0) is 11.3 Å². The Labute approximate surface area is 176 Å². The minimum absolute atomic E-state index is 0.163. The summed E-state index contributed by atoms with van der Waals surface area (Å²) in [5.74, 6) is 0.190. The van der Waals surface area contributed by atoms with E-state index in [0.29, 0.717) is 23.5 Å². The van der Waals surface area contributed by atoms with Crippen LogP contribution in [0.2, 0.25) is 0 Å². The quantitative estimate of drug-likeness (QED) is 0.589. The van der Waals surface area contributed by atoms with E-state index >= 15 is 0 Å². The van der Waals surface area contributed by atoms with Crippen LogP contribution in [0.3, 0.4) is 0 Å². The number of methoxy groups -OCH3 is 1. The van der Waals surface area contributed by atoms with Crippen molar-refractivity contribution in [1.29, 1.82) is 0 Å². The number of nitrogens with one attached hydrogen (secondary N) is 1. The van der Waals surface area contributed by atoms with Crippen LogP contribution < -0.4 is 10.1 Å². The smallest absolute Gasteiger partial charge is 0.256 e. The summed E-state index contributed by atoms with van der Waals surface area (Å²) >= 11 is 0. The lowest BCUT2D eigenvalue weighted by atomic mass is 10.1. The molecule has 152 valence electrons. The molecule has 0 unspecified atom stereocenters. The number of hydrogen-bond acceptors (Lipinski definition) is 3. The summed E-state index contributed by atoms with van der Waals surface area (Å²) in [7, 11) is 3.33. The van der Waals surface area contributed by atoms with Crippen molar-refractivity contribution in [3.63, 3.8) is 0 Å². The van der Waals surface area contributed by atoms with Crippen molar-refractivity contribution in [3.8, 4) is 5.75 Å². The molecule has 0 radical (unpaired) electrons. The summed E-state index contributed by atoms with van der Waals surface area (Å²) in [4.78, 5) is 27.0. The molecule has 0 aromatic heterocycles. The van der Waals surface area contributed by atoms with Crippen molar-refractivity contribution in [2.24, 2.45) is 0 Å². The molecule has 1 N–H and O–H groups in total. The molecule has 0 bridgehead atoms. The van der Waals surface area contributed by atoms with E-state index in [9.17, 15) is 9.59 Å². The van der Waals surface area contributed by atoms with Crippen molar-refractivity contribution in [2.75, 3.05) is 19.5 Å². The second kappa shape index (κ2) is 10.1. The van der Waals surface area contributed by atoms with Gasteiger partial charge in [-0.15, -0.1) is 0 Å². The van der Waals surface area contributed by atoms with Crippen LogP contribution in [0.1, 0.15) is 21.5 Å². The lowest BCUT2D eigenvalue weighted by Crippen LogP contribution is -2.27. The summed E-state index contributed by atoms with van der Waals surface area (Å²) in [6.07, 6.45) is 3.10. The summed E-state index contributed by atoms with van der Waals surface area (Å²) in [5.41, 5.74) is 2.74. The predicted octanol–water partition coefficient (Wildman–Crippen LogP) is 4.62. The average molecular weight is 400 g/mol. The fraction of sp³-hybridized carbons (Fsp3) is 0.120. The number of carbonyl (C=O) groups excluding carboxylic acids is 2. The number of ether oxygens (including phenoxy) is 1. The number of rotatable bonds is 7. The molecule has 0 fully saturated rings. The summed E-state index contributed by atoms with van der Waals surface area (Å²) < 4.78 is 5.29. The van der Waals surface area contributed by atoms with E-state index in [0.717, 1.165) is 11.1 Å². The highest BCUT2D eigenvalue weighted by atomic mass is 16.5. The Hall–Kier alpha value is -3.86. The van der Waals surface area contributed by atoms with Crippen molar-refractivity contribution in [3.05, 3.63) is 102 Å². The van der Waals surface area contributed by atoms with E-state index < -0.39 is 0 Å². The molecule has 3 aromatic carbocycles. The third-order valence-electron chi connectivity index (χ3n) is 4.58. The molecule has 3 rings (SSSR count). The molecule has 0 saturated carbocycles. The van der Waals surface area contributed by atoms with Gasteiger partial charge < -0.3 is 15.0 Å². The van der Waals surface area contributed by atoms with E-state index in [4.69, 9.17) is 4.74 Å². The Kier molecular flexibility index (Phi) is 7.00. The maximum Gasteiger partial charge on any atom is 0.256 e. The molecule has 2 amide bonds. The van der Waals surface area contributed by atoms with Gasteiger partial charge >= 0.3 is 0 Å². The minimum Gasteiger partial charge on any atom is -0.496 e. The summed E-state index contributed by atoms with van der Waals surface area (Å²) in [6.45, 7) is 0.482. The number of amides is 2. The second-order valence-corrected chi connectivity index (χ2v) is 6.76. The van der Waals surface area contributed by atoms with Gasteiger partial charge in [-0.3, -0.25) is 9.59 Å². The zero-order chi connectivity index (χ0) is 21.3. The Balaban J connectivity index is 1.72. The number of carbonyl (C=O) groups is 2. The number of para-hydroxylation sites is 2. The lowest BCUT2D eigenvalue weighted by molar-refractivity contribution is -0.111. The van der Waals surface area contributed by atoms with Crippen molar-refractivity contribution in [1.82, 2.24) is 4.90 Å². The highest BCUT2D eigenvalue weighted by Crippen LogP contribution is 2.20. The molecule has 0 heterocycles. The van der Waals surface area contributed by atoms with E-state index in [2.05, 4.69) is 5.32 Å². The summed E-state index contributed by atoms with van der Waals surface area (Å²) in [6, 6.07) is 24.2. The molecule has 0 aliphatic carbocycles. The number of anilines is 1. The zero-order valence-corrected chi connectivity index (χ0v) is 17.0. The van der Waals surface area contributed by atoms with Crippen LogP contribution in [0.4, 0.5) is 5.69 Å². The third kappa shape index (κ3) is 5.35. The second-order valence-electron chi connectivity index (χ2n) is 6.76. The first-order chi connectivity index (χ1) is 14.6. The fourth-order valence-corrected chi connectivity index (χ4v) is 3.06. The number of benzene rings is 3. The molecule has 5 heteroatoms. The Bertz CT molecular complexity index is 1050. The van der Waals surface area contributed by atoms with Gasteiger partial charge in [0.2, 0.25) is 5.91 Å². The molecule has 0 spiro atoms. The van der Waals surface area contributed by atoms with E-state index in [1.54, 1.807) is 49.4 Å². The molecule has 5 nitrogen and oxygen atoms in total. The maximum atomic E-state index is 13.0. The standard InChI is InChI=1S/C25H24N2O3/c1-27(18-19-10-4-3-5-11-19)25(29)21-13-7-8-14-22(21)26-24(28)17-16-20-12-6-9-15-23(20)30-2/h3-17H,18H2,1-2H3,(H,26,28). The largest absolute Gasteiger partial charge is 0.496 e. The summed E-state index contributed by atoms with van der Waals surface area (Å²) in [5, 5.41) is 2.80. The molecule has 30 heavy (non-hydrogen) atoms. The molecule has 0 aliphatic rings. The molecular weight excluding hydrogens is 376 g/mol. The Morgan fingerprint density at radius 2 is 1.60 bits per heavy atom. The van der Waals surface area contributed by atoms with Gasteiger partial charge in [0, 0.05) is 25.2 Å². The van der Waals surface area contributed by atoms with Crippen molar-refractivity contribution in [2.45, 2.75) is 6.54 Å². The van der Waals surface area contributed by atoms with Crippen LogP contribution in [0, 0.1) is 0 Å². The topological polar surface area (TPSA) is 58.6 Å². The van der Waals surface area contributed by atoms with Crippen molar-refractivity contribution < 1.29 is 14.3 Å². The third-order valence-corrected chi connectivity index (χ3v) is 4.58. The first-order valence-corrected chi connectivity index (χ1v) is 9.59. The monoisotopic (exact) mass is 400 g/mol. The van der Waals surface area contributed by atoms with E-state index in [1.807, 2.05) is 54.6 Å². The highest BCUT2D eigenvalue weighted by molar-refractivity contribution is 6.07. The highest BCUT2D eigenvalue weighted by Gasteiger charge is 2.16. The first-order valence-electron chi connectivity index (χ1n) is 9.59. The maximum absolute atomic E-state index is 13.0. The van der Waals surface area contributed by atoms with Gasteiger partial charge in [-0.05, 0) is 29.8 Å². The Morgan fingerprint density at radius 1 is 0.933 bits per heavy atom. The van der Waals surface area contributed by atoms with Gasteiger partial charge in [0.1, 0.15) is 5.75 Å². The van der Waals surface area contributed by atoms with Gasteiger partial charge in [-0.1, -0.05) is 60.7 Å². The van der Waals surface area contributed by atoms with Gasteiger partial charge in [0.15, 0.2) is 0 Å². The van der Waals surface area contributed by atoms with Gasteiger partial charge in [0.05, 0.1) is 18.4 Å². The molecule has 0 saturated heterocycles. The molecule has 3 aromatic rings. The Morgan fingerprint density at radius 3 is 2.37 bits per heavy atom. The van der Waals surface area contributed by atoms with Crippen LogP contribution in [0.15, 0.2) is 84.9 Å². The predicted molar refractivity (Wildman–Crippen MR) is 119 cm³/mol.